The summed E-state index contributed by atoms with van der Waals surface area (Å²) in [6.45, 7) is 0. The van der Waals surface area contributed by atoms with Crippen LogP contribution in [0.1, 0.15) is 10.4 Å². The first kappa shape index (κ1) is 12.0. The van der Waals surface area contributed by atoms with Gasteiger partial charge < -0.3 is 11.1 Å². The van der Waals surface area contributed by atoms with Gasteiger partial charge >= 0.3 is 0 Å². The lowest BCUT2D eigenvalue weighted by Gasteiger charge is -2.06. The molecule has 1 heterocycles. The maximum Gasteiger partial charge on any atom is 0.250 e. The van der Waals surface area contributed by atoms with E-state index in [1.54, 1.807) is 18.2 Å². The highest BCUT2D eigenvalue weighted by Crippen LogP contribution is 2.17. The normalized spacial score (nSPS) is 10.4. The first-order valence-corrected chi connectivity index (χ1v) is 5.99. The van der Waals surface area contributed by atoms with Gasteiger partial charge in [0, 0.05) is 5.69 Å². The standard InChI is InChI=1S/C14H11N5O/c15-13(20)10-7-4-8-11-12(10)17-14(19-18-11)16-9-5-2-1-3-6-9/h1-8H,(H2,15,20)(H,16,17,19). The number of hydrogen-bond donors (Lipinski definition) is 2. The fourth-order valence-electron chi connectivity index (χ4n) is 1.86. The van der Waals surface area contributed by atoms with Gasteiger partial charge in [-0.2, -0.15) is 0 Å². The molecule has 0 saturated heterocycles. The van der Waals surface area contributed by atoms with Crippen LogP contribution in [-0.2, 0) is 0 Å². The highest BCUT2D eigenvalue weighted by atomic mass is 16.1. The molecule has 0 fully saturated rings. The molecule has 3 N–H and O–H groups in total. The number of nitrogens with two attached hydrogens (primary N) is 1. The Kier molecular flexibility index (Phi) is 2.96. The van der Waals surface area contributed by atoms with Gasteiger partial charge in [-0.15, -0.1) is 10.2 Å². The van der Waals surface area contributed by atoms with Crippen molar-refractivity contribution in [1.29, 1.82) is 0 Å². The molecule has 0 spiro atoms. The van der Waals surface area contributed by atoms with E-state index in [2.05, 4.69) is 20.5 Å². The number of fused-ring (bicyclic) bond motifs is 1. The molecule has 0 bridgehead atoms. The SMILES string of the molecule is NC(=O)c1cccc2nnc(Nc3ccccc3)nc12. The highest BCUT2D eigenvalue weighted by Gasteiger charge is 2.10. The van der Waals surface area contributed by atoms with Gasteiger partial charge in [0.25, 0.3) is 5.91 Å². The predicted octanol–water partition coefficient (Wildman–Crippen LogP) is 1.87. The van der Waals surface area contributed by atoms with E-state index in [0.29, 0.717) is 22.5 Å². The monoisotopic (exact) mass is 265 g/mol. The Morgan fingerprint density at radius 2 is 1.80 bits per heavy atom. The number of carbonyl (C=O) groups excluding carboxylic acids is 1. The molecule has 6 nitrogen and oxygen atoms in total. The largest absolute Gasteiger partial charge is 0.366 e. The molecule has 98 valence electrons. The molecule has 2 aromatic carbocycles. The van der Waals surface area contributed by atoms with E-state index in [4.69, 9.17) is 5.73 Å². The Bertz CT molecular complexity index is 773. The molecule has 1 amide bonds. The number of amides is 1. The minimum absolute atomic E-state index is 0.317. The zero-order valence-corrected chi connectivity index (χ0v) is 10.4. The number of carbonyl (C=O) groups is 1. The second kappa shape index (κ2) is 4.93. The molecule has 20 heavy (non-hydrogen) atoms. The number of rotatable bonds is 3. The molecule has 6 heteroatoms. The van der Waals surface area contributed by atoms with Crippen molar-refractivity contribution in [3.63, 3.8) is 0 Å². The average Bonchev–Trinajstić information content (AvgIpc) is 2.47. The fourth-order valence-corrected chi connectivity index (χ4v) is 1.86. The molecule has 0 saturated carbocycles. The number of anilines is 2. The molecule has 0 aliphatic carbocycles. The zero-order chi connectivity index (χ0) is 13.9. The molecule has 3 aromatic rings. The number of hydrogen-bond acceptors (Lipinski definition) is 5. The summed E-state index contributed by atoms with van der Waals surface area (Å²) in [7, 11) is 0. The summed E-state index contributed by atoms with van der Waals surface area (Å²) in [4.78, 5) is 15.7. The minimum Gasteiger partial charge on any atom is -0.366 e. The summed E-state index contributed by atoms with van der Waals surface area (Å²) >= 11 is 0. The van der Waals surface area contributed by atoms with Gasteiger partial charge in [-0.1, -0.05) is 24.3 Å². The topological polar surface area (TPSA) is 93.8 Å². The van der Waals surface area contributed by atoms with Crippen LogP contribution < -0.4 is 11.1 Å². The van der Waals surface area contributed by atoms with Crippen molar-refractivity contribution in [3.8, 4) is 0 Å². The van der Waals surface area contributed by atoms with Gasteiger partial charge in [-0.05, 0) is 24.3 Å². The maximum atomic E-state index is 11.4. The number of nitrogens with zero attached hydrogens (tertiary/aromatic N) is 3. The molecular formula is C14H11N5O. The first-order valence-electron chi connectivity index (χ1n) is 5.99. The van der Waals surface area contributed by atoms with Gasteiger partial charge in [-0.3, -0.25) is 4.79 Å². The van der Waals surface area contributed by atoms with Crippen LogP contribution in [0.25, 0.3) is 11.0 Å². The second-order valence-electron chi connectivity index (χ2n) is 4.16. The van der Waals surface area contributed by atoms with E-state index < -0.39 is 5.91 Å². The molecule has 0 unspecified atom stereocenters. The van der Waals surface area contributed by atoms with Crippen LogP contribution in [-0.4, -0.2) is 21.1 Å². The lowest BCUT2D eigenvalue weighted by molar-refractivity contribution is 0.100. The van der Waals surface area contributed by atoms with Crippen molar-refractivity contribution in [1.82, 2.24) is 15.2 Å². The van der Waals surface area contributed by atoms with Crippen molar-refractivity contribution in [2.24, 2.45) is 5.73 Å². The Balaban J connectivity index is 2.06. The van der Waals surface area contributed by atoms with Gasteiger partial charge in [0.05, 0.1) is 5.56 Å². The smallest absolute Gasteiger partial charge is 0.250 e. The summed E-state index contributed by atoms with van der Waals surface area (Å²) in [6, 6.07) is 14.5. The Labute approximate surface area is 114 Å². The molecule has 3 rings (SSSR count). The van der Waals surface area contributed by atoms with Crippen LogP contribution in [0.2, 0.25) is 0 Å². The Hall–Kier alpha value is -3.02. The number of nitrogens with one attached hydrogen (secondary N) is 1. The molecular weight excluding hydrogens is 254 g/mol. The van der Waals surface area contributed by atoms with Crippen molar-refractivity contribution in [3.05, 3.63) is 54.1 Å². The Morgan fingerprint density at radius 1 is 1.00 bits per heavy atom. The molecule has 0 aliphatic heterocycles. The van der Waals surface area contributed by atoms with E-state index in [1.807, 2.05) is 30.3 Å². The Morgan fingerprint density at radius 3 is 2.55 bits per heavy atom. The third-order valence-electron chi connectivity index (χ3n) is 2.78. The van der Waals surface area contributed by atoms with Gasteiger partial charge in [0.1, 0.15) is 11.0 Å². The zero-order valence-electron chi connectivity index (χ0n) is 10.4. The van der Waals surface area contributed by atoms with Crippen LogP contribution in [0.5, 0.6) is 0 Å². The van der Waals surface area contributed by atoms with Gasteiger partial charge in [0.2, 0.25) is 5.95 Å². The van der Waals surface area contributed by atoms with Crippen molar-refractivity contribution >= 4 is 28.6 Å². The van der Waals surface area contributed by atoms with Crippen molar-refractivity contribution in [2.75, 3.05) is 5.32 Å². The van der Waals surface area contributed by atoms with Gasteiger partial charge in [-0.25, -0.2) is 4.98 Å². The summed E-state index contributed by atoms with van der Waals surface area (Å²) in [5, 5.41) is 11.0. The number of primary amides is 1. The summed E-state index contributed by atoms with van der Waals surface area (Å²) in [5.74, 6) is -0.223. The summed E-state index contributed by atoms with van der Waals surface area (Å²) < 4.78 is 0. The van der Waals surface area contributed by atoms with E-state index in [0.717, 1.165) is 5.69 Å². The van der Waals surface area contributed by atoms with Crippen LogP contribution in [0.3, 0.4) is 0 Å². The van der Waals surface area contributed by atoms with E-state index in [-0.39, 0.29) is 0 Å². The molecule has 1 aromatic heterocycles. The number of aromatic nitrogens is 3. The molecule has 0 radical (unpaired) electrons. The third kappa shape index (κ3) is 2.26. The van der Waals surface area contributed by atoms with Crippen LogP contribution in [0, 0.1) is 0 Å². The maximum absolute atomic E-state index is 11.4. The first-order chi connectivity index (χ1) is 9.74. The lowest BCUT2D eigenvalue weighted by Crippen LogP contribution is -2.12. The highest BCUT2D eigenvalue weighted by molar-refractivity contribution is 6.03. The second-order valence-corrected chi connectivity index (χ2v) is 4.16. The third-order valence-corrected chi connectivity index (χ3v) is 2.78. The number of para-hydroxylation sites is 2. The average molecular weight is 265 g/mol. The van der Waals surface area contributed by atoms with Crippen molar-refractivity contribution in [2.45, 2.75) is 0 Å². The molecule has 0 aliphatic rings. The van der Waals surface area contributed by atoms with Crippen molar-refractivity contribution < 1.29 is 4.79 Å². The lowest BCUT2D eigenvalue weighted by atomic mass is 10.2. The predicted molar refractivity (Wildman–Crippen MR) is 75.6 cm³/mol. The summed E-state index contributed by atoms with van der Waals surface area (Å²) in [6.07, 6.45) is 0. The van der Waals surface area contributed by atoms with Crippen LogP contribution in [0.15, 0.2) is 48.5 Å². The summed E-state index contributed by atoms with van der Waals surface area (Å²) in [5.41, 5.74) is 7.47. The van der Waals surface area contributed by atoms with E-state index >= 15 is 0 Å². The minimum atomic E-state index is -0.540. The van der Waals surface area contributed by atoms with E-state index in [9.17, 15) is 4.79 Å². The van der Waals surface area contributed by atoms with Gasteiger partial charge in [0.15, 0.2) is 0 Å². The van der Waals surface area contributed by atoms with E-state index in [1.165, 1.54) is 0 Å². The molecule has 0 atom stereocenters. The van der Waals surface area contributed by atoms with Crippen LogP contribution >= 0.6 is 0 Å². The fraction of sp³-hybridized carbons (Fsp3) is 0. The number of benzene rings is 2. The van der Waals surface area contributed by atoms with Crippen LogP contribution in [0.4, 0.5) is 11.6 Å². The quantitative estimate of drug-likeness (QED) is 0.754.